The van der Waals surface area contributed by atoms with Crippen molar-refractivity contribution >= 4 is 6.29 Å². The van der Waals surface area contributed by atoms with Gasteiger partial charge in [0, 0.05) is 6.42 Å². The van der Waals surface area contributed by atoms with Crippen molar-refractivity contribution in [2.45, 2.75) is 50.9 Å². The first-order chi connectivity index (χ1) is 7.92. The Balaban J connectivity index is 2.14. The second kappa shape index (κ2) is 5.83. The van der Waals surface area contributed by atoms with Gasteiger partial charge in [0.15, 0.2) is 0 Å². The number of hydrogen-bond donors (Lipinski definition) is 0. The molecule has 1 aromatic rings. The molecule has 0 atom stereocenters. The van der Waals surface area contributed by atoms with Crippen molar-refractivity contribution in [3.63, 3.8) is 0 Å². The number of hydrogen-bond acceptors (Lipinski definition) is 1. The molecule has 1 aliphatic carbocycles. The lowest BCUT2D eigenvalue weighted by Crippen LogP contribution is -2.07. The van der Waals surface area contributed by atoms with E-state index in [1.54, 1.807) is 0 Å². The van der Waals surface area contributed by atoms with Gasteiger partial charge in [0.2, 0.25) is 0 Å². The maximum atomic E-state index is 10.5. The third-order valence-electron chi connectivity index (χ3n) is 3.63. The molecule has 1 heteroatoms. The summed E-state index contributed by atoms with van der Waals surface area (Å²) in [5, 5.41) is 0. The lowest BCUT2D eigenvalue weighted by Gasteiger charge is -2.24. The van der Waals surface area contributed by atoms with Gasteiger partial charge in [-0.1, -0.05) is 43.5 Å². The van der Waals surface area contributed by atoms with E-state index in [2.05, 4.69) is 24.3 Å². The molecule has 86 valence electrons. The molecule has 0 aliphatic heterocycles. The Morgan fingerprint density at radius 3 is 2.62 bits per heavy atom. The van der Waals surface area contributed by atoms with Gasteiger partial charge in [0.05, 0.1) is 0 Å². The SMILES string of the molecule is O=CCCc1ccccc1C1CCCCC1. The Labute approximate surface area is 97.9 Å². The fraction of sp³-hybridized carbons (Fsp3) is 0.533. The maximum absolute atomic E-state index is 10.5. The highest BCUT2D eigenvalue weighted by molar-refractivity contribution is 5.50. The number of aldehydes is 1. The molecular weight excluding hydrogens is 196 g/mol. The third-order valence-corrected chi connectivity index (χ3v) is 3.63. The van der Waals surface area contributed by atoms with Crippen molar-refractivity contribution in [1.82, 2.24) is 0 Å². The minimum absolute atomic E-state index is 0.656. The Morgan fingerprint density at radius 2 is 1.88 bits per heavy atom. The normalized spacial score (nSPS) is 17.2. The summed E-state index contributed by atoms with van der Waals surface area (Å²) in [6, 6.07) is 8.67. The zero-order chi connectivity index (χ0) is 11.2. The van der Waals surface area contributed by atoms with Gasteiger partial charge in [-0.25, -0.2) is 0 Å². The number of aryl methyl sites for hydroxylation is 1. The zero-order valence-electron chi connectivity index (χ0n) is 9.82. The van der Waals surface area contributed by atoms with E-state index >= 15 is 0 Å². The van der Waals surface area contributed by atoms with Crippen LogP contribution in [0, 0.1) is 0 Å². The summed E-state index contributed by atoms with van der Waals surface area (Å²) in [6.45, 7) is 0. The standard InChI is InChI=1S/C15H20O/c16-12-6-10-14-9-4-5-11-15(14)13-7-2-1-3-8-13/h4-5,9,11-13H,1-3,6-8,10H2. The molecule has 0 saturated heterocycles. The molecule has 0 unspecified atom stereocenters. The molecule has 1 fully saturated rings. The van der Waals surface area contributed by atoms with Crippen LogP contribution in [0.3, 0.4) is 0 Å². The zero-order valence-corrected chi connectivity index (χ0v) is 9.82. The van der Waals surface area contributed by atoms with Gasteiger partial charge in [-0.15, -0.1) is 0 Å². The van der Waals surface area contributed by atoms with Gasteiger partial charge in [0.25, 0.3) is 0 Å². The van der Waals surface area contributed by atoms with Crippen molar-refractivity contribution in [2.75, 3.05) is 0 Å². The minimum atomic E-state index is 0.656. The lowest BCUT2D eigenvalue weighted by molar-refractivity contribution is -0.107. The predicted molar refractivity (Wildman–Crippen MR) is 66.7 cm³/mol. The van der Waals surface area contributed by atoms with Crippen LogP contribution in [0.2, 0.25) is 0 Å². The summed E-state index contributed by atoms with van der Waals surface area (Å²) in [5.74, 6) is 0.747. The number of carbonyl (C=O) groups excluding carboxylic acids is 1. The van der Waals surface area contributed by atoms with E-state index < -0.39 is 0 Å². The Kier molecular flexibility index (Phi) is 4.15. The highest BCUT2D eigenvalue weighted by atomic mass is 16.1. The van der Waals surface area contributed by atoms with Crippen molar-refractivity contribution in [3.8, 4) is 0 Å². The van der Waals surface area contributed by atoms with Gasteiger partial charge < -0.3 is 4.79 Å². The molecular formula is C15H20O. The summed E-state index contributed by atoms with van der Waals surface area (Å²) < 4.78 is 0. The fourth-order valence-corrected chi connectivity index (χ4v) is 2.79. The monoisotopic (exact) mass is 216 g/mol. The smallest absolute Gasteiger partial charge is 0.120 e. The molecule has 0 spiro atoms. The van der Waals surface area contributed by atoms with Gasteiger partial charge in [-0.3, -0.25) is 0 Å². The van der Waals surface area contributed by atoms with E-state index in [1.807, 2.05) is 0 Å². The van der Waals surface area contributed by atoms with E-state index in [1.165, 1.54) is 43.2 Å². The summed E-state index contributed by atoms with van der Waals surface area (Å²) in [6.07, 6.45) is 9.39. The minimum Gasteiger partial charge on any atom is -0.303 e. The predicted octanol–water partition coefficient (Wildman–Crippen LogP) is 3.87. The van der Waals surface area contributed by atoms with Crippen LogP contribution in [0.4, 0.5) is 0 Å². The van der Waals surface area contributed by atoms with Crippen LogP contribution in [0.15, 0.2) is 24.3 Å². The third kappa shape index (κ3) is 2.72. The molecule has 0 aromatic heterocycles. The second-order valence-corrected chi connectivity index (χ2v) is 4.74. The molecule has 2 rings (SSSR count). The Morgan fingerprint density at radius 1 is 1.12 bits per heavy atom. The van der Waals surface area contributed by atoms with Crippen molar-refractivity contribution < 1.29 is 4.79 Å². The molecule has 0 amide bonds. The van der Waals surface area contributed by atoms with E-state index in [0.29, 0.717) is 6.42 Å². The summed E-state index contributed by atoms with van der Waals surface area (Å²) >= 11 is 0. The molecule has 0 radical (unpaired) electrons. The molecule has 1 saturated carbocycles. The average Bonchev–Trinajstić information content (AvgIpc) is 2.38. The maximum Gasteiger partial charge on any atom is 0.120 e. The topological polar surface area (TPSA) is 17.1 Å². The Bertz CT molecular complexity index is 337. The summed E-state index contributed by atoms with van der Waals surface area (Å²) in [5.41, 5.74) is 2.89. The summed E-state index contributed by atoms with van der Waals surface area (Å²) in [4.78, 5) is 10.5. The lowest BCUT2D eigenvalue weighted by atomic mass is 9.81. The first-order valence-electron chi connectivity index (χ1n) is 6.43. The van der Waals surface area contributed by atoms with E-state index in [9.17, 15) is 4.79 Å². The van der Waals surface area contributed by atoms with Gasteiger partial charge in [0.1, 0.15) is 6.29 Å². The number of rotatable bonds is 4. The number of carbonyl (C=O) groups is 1. The molecule has 0 heterocycles. The highest BCUT2D eigenvalue weighted by Gasteiger charge is 2.17. The first kappa shape index (κ1) is 11.4. The van der Waals surface area contributed by atoms with E-state index in [0.717, 1.165) is 18.6 Å². The largest absolute Gasteiger partial charge is 0.303 e. The van der Waals surface area contributed by atoms with Crippen LogP contribution in [-0.2, 0) is 11.2 Å². The number of benzene rings is 1. The van der Waals surface area contributed by atoms with Crippen LogP contribution in [0.25, 0.3) is 0 Å². The van der Waals surface area contributed by atoms with Crippen molar-refractivity contribution in [3.05, 3.63) is 35.4 Å². The van der Waals surface area contributed by atoms with Crippen LogP contribution in [-0.4, -0.2) is 6.29 Å². The fourth-order valence-electron chi connectivity index (χ4n) is 2.79. The van der Waals surface area contributed by atoms with Crippen molar-refractivity contribution in [1.29, 1.82) is 0 Å². The highest BCUT2D eigenvalue weighted by Crippen LogP contribution is 2.34. The molecule has 16 heavy (non-hydrogen) atoms. The average molecular weight is 216 g/mol. The van der Waals surface area contributed by atoms with Crippen molar-refractivity contribution in [2.24, 2.45) is 0 Å². The van der Waals surface area contributed by atoms with Crippen LogP contribution in [0.5, 0.6) is 0 Å². The molecule has 0 N–H and O–H groups in total. The molecule has 1 aromatic carbocycles. The van der Waals surface area contributed by atoms with Crippen LogP contribution in [0.1, 0.15) is 55.6 Å². The second-order valence-electron chi connectivity index (χ2n) is 4.74. The molecule has 1 nitrogen and oxygen atoms in total. The van der Waals surface area contributed by atoms with Gasteiger partial charge in [-0.2, -0.15) is 0 Å². The Hall–Kier alpha value is -1.11. The molecule has 0 bridgehead atoms. The van der Waals surface area contributed by atoms with Gasteiger partial charge >= 0.3 is 0 Å². The first-order valence-corrected chi connectivity index (χ1v) is 6.43. The summed E-state index contributed by atoms with van der Waals surface area (Å²) in [7, 11) is 0. The van der Waals surface area contributed by atoms with E-state index in [-0.39, 0.29) is 0 Å². The van der Waals surface area contributed by atoms with Crippen LogP contribution >= 0.6 is 0 Å². The van der Waals surface area contributed by atoms with E-state index in [4.69, 9.17) is 0 Å². The molecule has 1 aliphatic rings. The quantitative estimate of drug-likeness (QED) is 0.698. The van der Waals surface area contributed by atoms with Gasteiger partial charge in [-0.05, 0) is 36.3 Å². The van der Waals surface area contributed by atoms with Crippen LogP contribution < -0.4 is 0 Å².